The van der Waals surface area contributed by atoms with Crippen LogP contribution in [-0.4, -0.2) is 5.91 Å². The van der Waals surface area contributed by atoms with Gasteiger partial charge in [0.25, 0.3) is 0 Å². The molecule has 0 saturated heterocycles. The van der Waals surface area contributed by atoms with Crippen LogP contribution in [-0.2, 0) is 4.79 Å². The first kappa shape index (κ1) is 15.7. The van der Waals surface area contributed by atoms with Crippen molar-refractivity contribution < 1.29 is 4.79 Å². The average Bonchev–Trinajstić information content (AvgIpc) is 2.48. The van der Waals surface area contributed by atoms with Gasteiger partial charge in [-0.3, -0.25) is 4.79 Å². The fourth-order valence-corrected chi connectivity index (χ4v) is 2.85. The summed E-state index contributed by atoms with van der Waals surface area (Å²) in [6.07, 6.45) is 0.277. The second kappa shape index (κ2) is 7.38. The zero-order valence-corrected chi connectivity index (χ0v) is 13.5. The van der Waals surface area contributed by atoms with Crippen LogP contribution in [0.1, 0.15) is 36.6 Å². The van der Waals surface area contributed by atoms with Crippen LogP contribution < -0.4 is 11.1 Å². The van der Waals surface area contributed by atoms with Crippen LogP contribution >= 0.6 is 15.9 Å². The maximum Gasteiger partial charge on any atom is 0.222 e. The van der Waals surface area contributed by atoms with Gasteiger partial charge in [-0.25, -0.2) is 0 Å². The molecule has 3 nitrogen and oxygen atoms in total. The number of rotatable bonds is 5. The fourth-order valence-electron chi connectivity index (χ4n) is 2.22. The highest BCUT2D eigenvalue weighted by Gasteiger charge is 2.15. The molecule has 2 aromatic rings. The highest BCUT2D eigenvalue weighted by Crippen LogP contribution is 2.23. The summed E-state index contributed by atoms with van der Waals surface area (Å²) in [5.41, 5.74) is 8.10. The number of halogens is 1. The summed E-state index contributed by atoms with van der Waals surface area (Å²) < 4.78 is 0.991. The number of nitrogens with two attached hydrogens (primary N) is 1. The predicted octanol–water partition coefficient (Wildman–Crippen LogP) is 3.72. The molecule has 2 unspecified atom stereocenters. The Morgan fingerprint density at radius 2 is 1.76 bits per heavy atom. The molecule has 0 fully saturated rings. The monoisotopic (exact) mass is 346 g/mol. The van der Waals surface area contributed by atoms with Gasteiger partial charge in [0, 0.05) is 16.9 Å². The quantitative estimate of drug-likeness (QED) is 0.866. The van der Waals surface area contributed by atoms with Crippen molar-refractivity contribution in [1.29, 1.82) is 0 Å². The minimum Gasteiger partial charge on any atom is -0.349 e. The third kappa shape index (κ3) is 4.41. The van der Waals surface area contributed by atoms with Crippen molar-refractivity contribution in [2.75, 3.05) is 0 Å². The Labute approximate surface area is 133 Å². The molecule has 0 aromatic heterocycles. The van der Waals surface area contributed by atoms with E-state index in [0.29, 0.717) is 0 Å². The van der Waals surface area contributed by atoms with Gasteiger partial charge in [0.15, 0.2) is 0 Å². The van der Waals surface area contributed by atoms with E-state index in [1.54, 1.807) is 0 Å². The van der Waals surface area contributed by atoms with Crippen LogP contribution in [0.15, 0.2) is 59.1 Å². The predicted molar refractivity (Wildman–Crippen MR) is 88.7 cm³/mol. The van der Waals surface area contributed by atoms with Gasteiger partial charge in [0.05, 0.1) is 6.04 Å². The molecule has 0 spiro atoms. The SMILES string of the molecule is CC(NC(=O)CC(N)c1ccccc1)c1ccccc1Br. The Balaban J connectivity index is 1.94. The lowest BCUT2D eigenvalue weighted by atomic mass is 10.0. The second-order valence-electron chi connectivity index (χ2n) is 5.03. The Morgan fingerprint density at radius 3 is 2.43 bits per heavy atom. The van der Waals surface area contributed by atoms with Crippen LogP contribution in [0.3, 0.4) is 0 Å². The number of hydrogen-bond donors (Lipinski definition) is 2. The zero-order valence-electron chi connectivity index (χ0n) is 11.9. The van der Waals surface area contributed by atoms with Crippen molar-refractivity contribution in [2.45, 2.75) is 25.4 Å². The van der Waals surface area contributed by atoms with E-state index in [0.717, 1.165) is 15.6 Å². The lowest BCUT2D eigenvalue weighted by Gasteiger charge is -2.18. The summed E-state index contributed by atoms with van der Waals surface area (Å²) in [5.74, 6) is -0.0467. The van der Waals surface area contributed by atoms with Gasteiger partial charge in [0.1, 0.15) is 0 Å². The molecule has 2 rings (SSSR count). The zero-order chi connectivity index (χ0) is 15.2. The van der Waals surface area contributed by atoms with Gasteiger partial charge in [-0.15, -0.1) is 0 Å². The summed E-state index contributed by atoms with van der Waals surface area (Å²) >= 11 is 3.50. The molecule has 0 aliphatic rings. The number of amides is 1. The normalized spacial score (nSPS) is 13.5. The lowest BCUT2D eigenvalue weighted by Crippen LogP contribution is -2.30. The number of carbonyl (C=O) groups is 1. The first-order valence-electron chi connectivity index (χ1n) is 6.92. The van der Waals surface area contributed by atoms with Crippen LogP contribution in [0.25, 0.3) is 0 Å². The minimum absolute atomic E-state index is 0.0467. The highest BCUT2D eigenvalue weighted by molar-refractivity contribution is 9.10. The van der Waals surface area contributed by atoms with Gasteiger partial charge in [-0.05, 0) is 24.1 Å². The van der Waals surface area contributed by atoms with Gasteiger partial charge in [-0.2, -0.15) is 0 Å². The van der Waals surface area contributed by atoms with E-state index in [2.05, 4.69) is 21.2 Å². The van der Waals surface area contributed by atoms with Crippen molar-refractivity contribution >= 4 is 21.8 Å². The summed E-state index contributed by atoms with van der Waals surface area (Å²) in [7, 11) is 0. The first-order chi connectivity index (χ1) is 10.1. The van der Waals surface area contributed by atoms with Gasteiger partial charge < -0.3 is 11.1 Å². The van der Waals surface area contributed by atoms with Gasteiger partial charge in [0.2, 0.25) is 5.91 Å². The van der Waals surface area contributed by atoms with E-state index in [9.17, 15) is 4.79 Å². The van der Waals surface area contributed by atoms with Crippen molar-refractivity contribution in [3.63, 3.8) is 0 Å². The lowest BCUT2D eigenvalue weighted by molar-refractivity contribution is -0.122. The Kier molecular flexibility index (Phi) is 5.53. The molecule has 0 aliphatic heterocycles. The Bertz CT molecular complexity index is 601. The maximum atomic E-state index is 12.1. The molecule has 2 aromatic carbocycles. The molecule has 0 radical (unpaired) electrons. The summed E-state index contributed by atoms with van der Waals surface area (Å²) in [5, 5.41) is 2.99. The summed E-state index contributed by atoms with van der Waals surface area (Å²) in [6, 6.07) is 17.2. The molecular weight excluding hydrogens is 328 g/mol. The molecule has 3 N–H and O–H groups in total. The molecule has 1 amide bonds. The van der Waals surface area contributed by atoms with E-state index >= 15 is 0 Å². The second-order valence-corrected chi connectivity index (χ2v) is 5.89. The summed E-state index contributed by atoms with van der Waals surface area (Å²) in [4.78, 5) is 12.1. The largest absolute Gasteiger partial charge is 0.349 e. The first-order valence-corrected chi connectivity index (χ1v) is 7.71. The van der Waals surface area contributed by atoms with Gasteiger partial charge in [-0.1, -0.05) is 64.5 Å². The fraction of sp³-hybridized carbons (Fsp3) is 0.235. The van der Waals surface area contributed by atoms with E-state index in [1.165, 1.54) is 0 Å². The molecule has 21 heavy (non-hydrogen) atoms. The number of carbonyl (C=O) groups excluding carboxylic acids is 1. The third-order valence-electron chi connectivity index (χ3n) is 3.38. The van der Waals surface area contributed by atoms with Crippen LogP contribution in [0.4, 0.5) is 0 Å². The van der Waals surface area contributed by atoms with E-state index in [-0.39, 0.29) is 24.4 Å². The maximum absolute atomic E-state index is 12.1. The Hall–Kier alpha value is -1.65. The molecular formula is C17H19BrN2O. The smallest absolute Gasteiger partial charge is 0.222 e. The van der Waals surface area contributed by atoms with Crippen molar-refractivity contribution in [1.82, 2.24) is 5.32 Å². The van der Waals surface area contributed by atoms with E-state index in [4.69, 9.17) is 5.73 Å². The topological polar surface area (TPSA) is 55.1 Å². The molecule has 0 aliphatic carbocycles. The molecule has 0 saturated carbocycles. The number of hydrogen-bond acceptors (Lipinski definition) is 2. The molecule has 0 heterocycles. The van der Waals surface area contributed by atoms with Crippen molar-refractivity contribution in [2.24, 2.45) is 5.73 Å². The van der Waals surface area contributed by atoms with Crippen molar-refractivity contribution in [3.8, 4) is 0 Å². The van der Waals surface area contributed by atoms with E-state index < -0.39 is 0 Å². The molecule has 0 bridgehead atoms. The number of nitrogens with one attached hydrogen (secondary N) is 1. The third-order valence-corrected chi connectivity index (χ3v) is 4.10. The van der Waals surface area contributed by atoms with Crippen LogP contribution in [0, 0.1) is 0 Å². The number of benzene rings is 2. The minimum atomic E-state index is -0.280. The average molecular weight is 347 g/mol. The molecule has 4 heteroatoms. The van der Waals surface area contributed by atoms with Gasteiger partial charge >= 0.3 is 0 Å². The summed E-state index contributed by atoms with van der Waals surface area (Å²) in [6.45, 7) is 1.96. The molecule has 2 atom stereocenters. The van der Waals surface area contributed by atoms with Crippen LogP contribution in [0.5, 0.6) is 0 Å². The highest BCUT2D eigenvalue weighted by atomic mass is 79.9. The van der Waals surface area contributed by atoms with Crippen LogP contribution in [0.2, 0.25) is 0 Å². The standard InChI is InChI=1S/C17H19BrN2O/c1-12(14-9-5-6-10-15(14)18)20-17(21)11-16(19)13-7-3-2-4-8-13/h2-10,12,16H,11,19H2,1H3,(H,20,21). The van der Waals surface area contributed by atoms with Crippen molar-refractivity contribution in [3.05, 3.63) is 70.2 Å². The molecule has 110 valence electrons. The van der Waals surface area contributed by atoms with E-state index in [1.807, 2.05) is 61.5 Å². The Morgan fingerprint density at radius 1 is 1.14 bits per heavy atom.